The van der Waals surface area contributed by atoms with Gasteiger partial charge in [0.15, 0.2) is 16.6 Å². The minimum absolute atomic E-state index is 0. The van der Waals surface area contributed by atoms with E-state index in [9.17, 15) is 9.59 Å². The van der Waals surface area contributed by atoms with Crippen molar-refractivity contribution in [3.8, 4) is 11.5 Å². The Bertz CT molecular complexity index is 1330. The summed E-state index contributed by atoms with van der Waals surface area (Å²) >= 11 is 1.36. The number of benzene rings is 2. The highest BCUT2D eigenvalue weighted by molar-refractivity contribution is 7.22. The summed E-state index contributed by atoms with van der Waals surface area (Å²) < 4.78 is 17.0. The van der Waals surface area contributed by atoms with Crippen molar-refractivity contribution in [2.24, 2.45) is 0 Å². The van der Waals surface area contributed by atoms with Gasteiger partial charge in [0.25, 0.3) is 5.91 Å². The first-order valence-electron chi connectivity index (χ1n) is 10.4. The molecule has 0 aliphatic rings. The Kier molecular flexibility index (Phi) is 8.14. The molecule has 2 heterocycles. The van der Waals surface area contributed by atoms with Gasteiger partial charge >= 0.3 is 5.63 Å². The number of fused-ring (bicyclic) bond motifs is 2. The van der Waals surface area contributed by atoms with Crippen molar-refractivity contribution in [3.63, 3.8) is 0 Å². The molecule has 1 amide bonds. The summed E-state index contributed by atoms with van der Waals surface area (Å²) in [6.07, 6.45) is 0.709. The second-order valence-electron chi connectivity index (χ2n) is 7.77. The van der Waals surface area contributed by atoms with Gasteiger partial charge in [-0.15, -0.1) is 12.4 Å². The average Bonchev–Trinajstić information content (AvgIpc) is 3.22. The van der Waals surface area contributed by atoms with E-state index < -0.39 is 11.5 Å². The predicted molar refractivity (Wildman–Crippen MR) is 137 cm³/mol. The fourth-order valence-corrected chi connectivity index (χ4v) is 4.54. The lowest BCUT2D eigenvalue weighted by molar-refractivity contribution is 0.0982. The van der Waals surface area contributed by atoms with Gasteiger partial charge in [0, 0.05) is 24.1 Å². The third-order valence-electron chi connectivity index (χ3n) is 5.22. The Morgan fingerprint density at radius 1 is 1.06 bits per heavy atom. The molecule has 0 fully saturated rings. The number of thiazole rings is 1. The lowest BCUT2D eigenvalue weighted by atomic mass is 10.1. The molecular formula is C24H26ClN3O5S. The number of aromatic nitrogens is 1. The summed E-state index contributed by atoms with van der Waals surface area (Å²) in [6.45, 7) is 1.18. The van der Waals surface area contributed by atoms with E-state index in [2.05, 4.69) is 4.98 Å². The molecule has 0 radical (unpaired) electrons. The van der Waals surface area contributed by atoms with Crippen LogP contribution in [0.3, 0.4) is 0 Å². The Balaban J connectivity index is 0.00000324. The van der Waals surface area contributed by atoms with E-state index in [1.54, 1.807) is 43.4 Å². The molecule has 2 aromatic carbocycles. The van der Waals surface area contributed by atoms with Crippen molar-refractivity contribution < 1.29 is 18.7 Å². The maximum Gasteiger partial charge on any atom is 0.349 e. The van der Waals surface area contributed by atoms with Crippen molar-refractivity contribution in [2.45, 2.75) is 6.42 Å². The summed E-state index contributed by atoms with van der Waals surface area (Å²) in [6, 6.07) is 12.3. The first-order valence-corrected chi connectivity index (χ1v) is 11.2. The maximum absolute atomic E-state index is 13.6. The highest BCUT2D eigenvalue weighted by atomic mass is 35.5. The van der Waals surface area contributed by atoms with E-state index in [-0.39, 0.29) is 18.0 Å². The molecule has 2 aromatic heterocycles. The number of carbonyl (C=O) groups is 1. The van der Waals surface area contributed by atoms with E-state index in [0.717, 1.165) is 11.2 Å². The van der Waals surface area contributed by atoms with Crippen LogP contribution in [0.4, 0.5) is 5.13 Å². The molecule has 0 aliphatic heterocycles. The highest BCUT2D eigenvalue weighted by Gasteiger charge is 2.25. The van der Waals surface area contributed by atoms with E-state index in [4.69, 9.17) is 13.9 Å². The first kappa shape index (κ1) is 25.5. The first-order chi connectivity index (χ1) is 15.9. The second-order valence-corrected chi connectivity index (χ2v) is 8.78. The number of hydrogen-bond acceptors (Lipinski definition) is 8. The van der Waals surface area contributed by atoms with Crippen molar-refractivity contribution in [1.82, 2.24) is 9.88 Å². The van der Waals surface area contributed by atoms with Crippen LogP contribution in [0.5, 0.6) is 11.5 Å². The molecule has 10 heteroatoms. The summed E-state index contributed by atoms with van der Waals surface area (Å²) in [5.74, 6) is 0.703. The van der Waals surface area contributed by atoms with Crippen molar-refractivity contribution in [3.05, 3.63) is 58.4 Å². The van der Waals surface area contributed by atoms with Crippen molar-refractivity contribution in [1.29, 1.82) is 0 Å². The monoisotopic (exact) mass is 503 g/mol. The topological polar surface area (TPSA) is 85.1 Å². The molecule has 0 saturated carbocycles. The minimum Gasteiger partial charge on any atom is -0.493 e. The summed E-state index contributed by atoms with van der Waals surface area (Å²) in [7, 11) is 7.08. The van der Waals surface area contributed by atoms with Gasteiger partial charge in [-0.3, -0.25) is 9.69 Å². The fourth-order valence-electron chi connectivity index (χ4n) is 3.54. The largest absolute Gasteiger partial charge is 0.493 e. The van der Waals surface area contributed by atoms with Gasteiger partial charge in [-0.25, -0.2) is 9.78 Å². The Labute approximate surface area is 207 Å². The lowest BCUT2D eigenvalue weighted by Gasteiger charge is -2.20. The van der Waals surface area contributed by atoms with Crippen LogP contribution in [0.1, 0.15) is 16.8 Å². The quantitative estimate of drug-likeness (QED) is 0.328. The van der Waals surface area contributed by atoms with E-state index >= 15 is 0 Å². The van der Waals surface area contributed by atoms with Crippen LogP contribution in [-0.2, 0) is 0 Å². The zero-order valence-corrected chi connectivity index (χ0v) is 21.0. The molecule has 0 N–H and O–H groups in total. The number of halogens is 1. The van der Waals surface area contributed by atoms with Gasteiger partial charge in [-0.1, -0.05) is 29.5 Å². The number of rotatable bonds is 8. The van der Waals surface area contributed by atoms with E-state index in [1.165, 1.54) is 11.3 Å². The van der Waals surface area contributed by atoms with Crippen LogP contribution < -0.4 is 20.0 Å². The van der Waals surface area contributed by atoms with Crippen LogP contribution >= 0.6 is 23.7 Å². The highest BCUT2D eigenvalue weighted by Crippen LogP contribution is 2.37. The summed E-state index contributed by atoms with van der Waals surface area (Å²) in [4.78, 5) is 34.5. The summed E-state index contributed by atoms with van der Waals surface area (Å²) in [5, 5.41) is 1.18. The molecular weight excluding hydrogens is 478 g/mol. The van der Waals surface area contributed by atoms with Crippen molar-refractivity contribution >= 4 is 56.0 Å². The number of hydrogen-bond donors (Lipinski definition) is 0. The fraction of sp³-hybridized carbons (Fsp3) is 0.292. The smallest absolute Gasteiger partial charge is 0.349 e. The third kappa shape index (κ3) is 5.16. The van der Waals surface area contributed by atoms with Crippen LogP contribution in [0.15, 0.2) is 51.7 Å². The number of anilines is 1. The van der Waals surface area contributed by atoms with Crippen LogP contribution in [0, 0.1) is 0 Å². The maximum atomic E-state index is 13.6. The van der Waals surface area contributed by atoms with Gasteiger partial charge in [0.2, 0.25) is 0 Å². The van der Waals surface area contributed by atoms with Crippen molar-refractivity contribution in [2.75, 3.05) is 46.3 Å². The molecule has 34 heavy (non-hydrogen) atoms. The number of nitrogens with zero attached hydrogens (tertiary/aromatic N) is 3. The third-order valence-corrected chi connectivity index (χ3v) is 6.26. The van der Waals surface area contributed by atoms with Gasteiger partial charge in [0.1, 0.15) is 11.1 Å². The Hall–Kier alpha value is -3.14. The molecule has 0 unspecified atom stereocenters. The van der Waals surface area contributed by atoms with Gasteiger partial charge in [-0.05, 0) is 39.2 Å². The van der Waals surface area contributed by atoms with Gasteiger partial charge in [-0.2, -0.15) is 0 Å². The average molecular weight is 504 g/mol. The second kappa shape index (κ2) is 10.9. The molecule has 0 spiro atoms. The number of methoxy groups -OCH3 is 2. The Morgan fingerprint density at radius 3 is 2.47 bits per heavy atom. The zero-order valence-electron chi connectivity index (χ0n) is 19.4. The molecule has 8 nitrogen and oxygen atoms in total. The molecule has 0 saturated heterocycles. The number of ether oxygens (including phenoxy) is 2. The molecule has 0 bridgehead atoms. The van der Waals surface area contributed by atoms with Crippen LogP contribution in [0.2, 0.25) is 0 Å². The van der Waals surface area contributed by atoms with Gasteiger partial charge in [0.05, 0.1) is 24.4 Å². The molecule has 0 aliphatic carbocycles. The van der Waals surface area contributed by atoms with Crippen LogP contribution in [0.25, 0.3) is 21.2 Å². The van der Waals surface area contributed by atoms with Gasteiger partial charge < -0.3 is 18.8 Å². The predicted octanol–water partition coefficient (Wildman–Crippen LogP) is 4.44. The normalized spacial score (nSPS) is 11.0. The molecule has 0 atom stereocenters. The number of para-hydroxylation sites is 1. The standard InChI is InChI=1S/C24H25N3O5S.ClH/c1-26(2)10-7-11-27(22(28)16-12-15-8-5-6-9-18(15)32-23(16)29)24-25-17-13-19(30-3)20(31-4)14-21(17)33-24;/h5-6,8-9,12-14H,7,10-11H2,1-4H3;1H. The number of amides is 1. The SMILES string of the molecule is COc1cc2nc(N(CCCN(C)C)C(=O)c3cc4ccccc4oc3=O)sc2cc1OC.Cl. The van der Waals surface area contributed by atoms with Crippen LogP contribution in [-0.4, -0.2) is 57.2 Å². The lowest BCUT2D eigenvalue weighted by Crippen LogP contribution is -2.36. The minimum atomic E-state index is -0.666. The molecule has 180 valence electrons. The molecule has 4 aromatic rings. The Morgan fingerprint density at radius 2 is 1.76 bits per heavy atom. The zero-order chi connectivity index (χ0) is 23.5. The summed E-state index contributed by atoms with van der Waals surface area (Å²) in [5.41, 5.74) is 0.440. The molecule has 4 rings (SSSR count). The van der Waals surface area contributed by atoms with E-state index in [1.807, 2.05) is 37.2 Å². The van der Waals surface area contributed by atoms with E-state index in [0.29, 0.717) is 46.1 Å². The number of carbonyl (C=O) groups excluding carboxylic acids is 1.